The third-order valence-corrected chi connectivity index (χ3v) is 10.5. The number of hydrogen-bond acceptors (Lipinski definition) is 2. The third kappa shape index (κ3) is 8.13. The molecule has 0 unspecified atom stereocenters. The van der Waals surface area contributed by atoms with E-state index in [9.17, 15) is 0 Å². The minimum Gasteiger partial charge on any atom is -0.367 e. The molecule has 0 heterocycles. The normalized spacial score (nSPS) is 13.4. The second kappa shape index (κ2) is 7.72. The van der Waals surface area contributed by atoms with Gasteiger partial charge in [0.25, 0.3) is 0 Å². The molecule has 17 heavy (non-hydrogen) atoms. The van der Waals surface area contributed by atoms with Crippen molar-refractivity contribution in [2.45, 2.75) is 71.9 Å². The predicted octanol–water partition coefficient (Wildman–Crippen LogP) is 4.51. The van der Waals surface area contributed by atoms with Gasteiger partial charge in [-0.2, -0.15) is 0 Å². The molecular formula is C13H33NOSi2. The molecule has 0 N–H and O–H groups in total. The van der Waals surface area contributed by atoms with Gasteiger partial charge in [0.15, 0.2) is 0 Å². The number of hydrogen-bond donors (Lipinski definition) is 0. The molecule has 0 aromatic rings. The molecular weight excluding hydrogens is 242 g/mol. The van der Waals surface area contributed by atoms with Gasteiger partial charge < -0.3 is 8.97 Å². The van der Waals surface area contributed by atoms with Crippen LogP contribution in [0.25, 0.3) is 0 Å². The Morgan fingerprint density at radius 2 is 1.35 bits per heavy atom. The molecule has 0 aliphatic carbocycles. The van der Waals surface area contributed by atoms with E-state index in [1.165, 1.54) is 25.7 Å². The molecule has 0 bridgehead atoms. The lowest BCUT2D eigenvalue weighted by atomic mass is 10.2. The molecule has 0 aromatic heterocycles. The standard InChI is InChI=1S/C13H33NOSi2/c1-8-9-10-11-12-15-13-14(16(2,3)4)17(5,6)7/h8-13H2,1-7H3. The largest absolute Gasteiger partial charge is 0.367 e. The van der Waals surface area contributed by atoms with Crippen LogP contribution in [0.15, 0.2) is 0 Å². The van der Waals surface area contributed by atoms with Crippen molar-refractivity contribution in [3.8, 4) is 0 Å². The van der Waals surface area contributed by atoms with E-state index < -0.39 is 16.5 Å². The summed E-state index contributed by atoms with van der Waals surface area (Å²) in [6.45, 7) is 18.6. The Bertz CT molecular complexity index is 183. The molecule has 0 aliphatic rings. The Hall–Kier alpha value is 0.354. The van der Waals surface area contributed by atoms with Crippen LogP contribution in [0.4, 0.5) is 0 Å². The Morgan fingerprint density at radius 3 is 1.76 bits per heavy atom. The second-order valence-corrected chi connectivity index (χ2v) is 17.1. The summed E-state index contributed by atoms with van der Waals surface area (Å²) in [4.78, 5) is 0. The van der Waals surface area contributed by atoms with Crippen LogP contribution in [0.5, 0.6) is 0 Å². The first-order valence-electron chi connectivity index (χ1n) is 7.05. The maximum atomic E-state index is 5.89. The summed E-state index contributed by atoms with van der Waals surface area (Å²) in [6.07, 6.45) is 5.18. The van der Waals surface area contributed by atoms with E-state index in [1.54, 1.807) is 0 Å². The van der Waals surface area contributed by atoms with Crippen LogP contribution in [-0.2, 0) is 4.74 Å². The monoisotopic (exact) mass is 275 g/mol. The lowest BCUT2D eigenvalue weighted by Crippen LogP contribution is -2.59. The van der Waals surface area contributed by atoms with Crippen LogP contribution in [-0.4, -0.2) is 34.0 Å². The Labute approximate surface area is 111 Å². The van der Waals surface area contributed by atoms with Crippen molar-refractivity contribution in [1.29, 1.82) is 0 Å². The van der Waals surface area contributed by atoms with Gasteiger partial charge in [-0.25, -0.2) is 0 Å². The fourth-order valence-corrected chi connectivity index (χ4v) is 11.2. The molecule has 4 heteroatoms. The topological polar surface area (TPSA) is 12.5 Å². The summed E-state index contributed by atoms with van der Waals surface area (Å²) >= 11 is 0. The van der Waals surface area contributed by atoms with Gasteiger partial charge in [0.1, 0.15) is 16.5 Å². The maximum Gasteiger partial charge on any atom is 0.114 e. The van der Waals surface area contributed by atoms with Crippen LogP contribution in [0, 0.1) is 0 Å². The van der Waals surface area contributed by atoms with Gasteiger partial charge >= 0.3 is 0 Å². The zero-order valence-electron chi connectivity index (χ0n) is 13.1. The predicted molar refractivity (Wildman–Crippen MR) is 83.5 cm³/mol. The first-order chi connectivity index (χ1) is 7.69. The molecule has 104 valence electrons. The SMILES string of the molecule is CCCCCCOCN([Si](C)(C)C)[Si](C)(C)C. The maximum absolute atomic E-state index is 5.89. The lowest BCUT2D eigenvalue weighted by Gasteiger charge is -2.43. The van der Waals surface area contributed by atoms with E-state index in [0.29, 0.717) is 0 Å². The highest BCUT2D eigenvalue weighted by molar-refractivity contribution is 6.89. The zero-order chi connectivity index (χ0) is 13.5. The first kappa shape index (κ1) is 17.4. The van der Waals surface area contributed by atoms with Crippen LogP contribution < -0.4 is 0 Å². The highest BCUT2D eigenvalue weighted by atomic mass is 28.4. The molecule has 0 atom stereocenters. The first-order valence-corrected chi connectivity index (χ1v) is 13.9. The Kier molecular flexibility index (Phi) is 7.88. The van der Waals surface area contributed by atoms with Gasteiger partial charge in [0.05, 0.1) is 6.73 Å². The van der Waals surface area contributed by atoms with Crippen molar-refractivity contribution >= 4 is 16.5 Å². The quantitative estimate of drug-likeness (QED) is 0.349. The van der Waals surface area contributed by atoms with Gasteiger partial charge in [-0.3, -0.25) is 0 Å². The number of unbranched alkanes of at least 4 members (excludes halogenated alkanes) is 3. The van der Waals surface area contributed by atoms with E-state index in [0.717, 1.165) is 13.3 Å². The highest BCUT2D eigenvalue weighted by Gasteiger charge is 2.34. The minimum absolute atomic E-state index is 0.859. The van der Waals surface area contributed by atoms with E-state index in [1.807, 2.05) is 0 Å². The molecule has 2 nitrogen and oxygen atoms in total. The lowest BCUT2D eigenvalue weighted by molar-refractivity contribution is 0.0902. The van der Waals surface area contributed by atoms with Crippen LogP contribution in [0.2, 0.25) is 39.3 Å². The van der Waals surface area contributed by atoms with E-state index in [-0.39, 0.29) is 0 Å². The number of nitrogens with zero attached hydrogens (tertiary/aromatic N) is 1. The van der Waals surface area contributed by atoms with Crippen LogP contribution >= 0.6 is 0 Å². The van der Waals surface area contributed by atoms with Crippen LogP contribution in [0.3, 0.4) is 0 Å². The molecule has 0 aliphatic heterocycles. The van der Waals surface area contributed by atoms with Gasteiger partial charge in [-0.1, -0.05) is 65.5 Å². The molecule has 0 rings (SSSR count). The van der Waals surface area contributed by atoms with Crippen molar-refractivity contribution in [3.63, 3.8) is 0 Å². The molecule has 0 radical (unpaired) electrons. The molecule has 0 spiro atoms. The van der Waals surface area contributed by atoms with Crippen molar-refractivity contribution in [3.05, 3.63) is 0 Å². The average Bonchev–Trinajstić information content (AvgIpc) is 2.12. The summed E-state index contributed by atoms with van der Waals surface area (Å²) in [5, 5.41) is 0. The summed E-state index contributed by atoms with van der Waals surface area (Å²) in [5.74, 6) is 0. The summed E-state index contributed by atoms with van der Waals surface area (Å²) in [5.41, 5.74) is 0. The molecule has 0 fully saturated rings. The average molecular weight is 276 g/mol. The molecule has 0 saturated carbocycles. The van der Waals surface area contributed by atoms with Crippen molar-refractivity contribution in [2.24, 2.45) is 0 Å². The minimum atomic E-state index is -1.23. The van der Waals surface area contributed by atoms with Gasteiger partial charge in [0.2, 0.25) is 0 Å². The fraction of sp³-hybridized carbons (Fsp3) is 1.00. The summed E-state index contributed by atoms with van der Waals surface area (Å²) < 4.78 is 8.59. The molecule has 0 amide bonds. The van der Waals surface area contributed by atoms with Crippen LogP contribution in [0.1, 0.15) is 32.6 Å². The molecule has 0 aromatic carbocycles. The van der Waals surface area contributed by atoms with E-state index in [4.69, 9.17) is 4.74 Å². The molecule has 0 saturated heterocycles. The number of ether oxygens (including phenoxy) is 1. The van der Waals surface area contributed by atoms with E-state index >= 15 is 0 Å². The number of rotatable bonds is 9. The summed E-state index contributed by atoms with van der Waals surface area (Å²) in [6, 6.07) is 0. The smallest absolute Gasteiger partial charge is 0.114 e. The van der Waals surface area contributed by atoms with Gasteiger partial charge in [-0.15, -0.1) is 0 Å². The second-order valence-electron chi connectivity index (χ2n) is 6.87. The third-order valence-electron chi connectivity index (χ3n) is 2.98. The van der Waals surface area contributed by atoms with E-state index in [2.05, 4.69) is 50.4 Å². The zero-order valence-corrected chi connectivity index (χ0v) is 15.1. The van der Waals surface area contributed by atoms with Gasteiger partial charge in [-0.05, 0) is 6.42 Å². The van der Waals surface area contributed by atoms with Crippen molar-refractivity contribution in [1.82, 2.24) is 4.23 Å². The van der Waals surface area contributed by atoms with Crippen molar-refractivity contribution in [2.75, 3.05) is 13.3 Å². The van der Waals surface area contributed by atoms with Crippen molar-refractivity contribution < 1.29 is 4.74 Å². The highest BCUT2D eigenvalue weighted by Crippen LogP contribution is 2.19. The summed E-state index contributed by atoms with van der Waals surface area (Å²) in [7, 11) is -2.45. The Balaban J connectivity index is 3.95. The van der Waals surface area contributed by atoms with Gasteiger partial charge in [0, 0.05) is 6.61 Å². The Morgan fingerprint density at radius 1 is 0.824 bits per heavy atom. The fourth-order valence-electron chi connectivity index (χ4n) is 2.18.